The second-order valence-electron chi connectivity index (χ2n) is 7.92. The van der Waals surface area contributed by atoms with Gasteiger partial charge in [0.05, 0.1) is 16.9 Å². The fraction of sp³-hybridized carbons (Fsp3) is 0.333. The summed E-state index contributed by atoms with van der Waals surface area (Å²) in [5.41, 5.74) is 3.53. The van der Waals surface area contributed by atoms with Crippen molar-refractivity contribution in [2.45, 2.75) is 26.5 Å². The summed E-state index contributed by atoms with van der Waals surface area (Å²) in [6.45, 7) is 6.60. The number of carbonyl (C=O) groups excluding carboxylic acids is 1. The summed E-state index contributed by atoms with van der Waals surface area (Å²) >= 11 is 1.69. The summed E-state index contributed by atoms with van der Waals surface area (Å²) in [5, 5.41) is 3.74. The number of nitrogens with one attached hydrogen (secondary N) is 1. The van der Waals surface area contributed by atoms with Gasteiger partial charge < -0.3 is 10.1 Å². The van der Waals surface area contributed by atoms with Crippen molar-refractivity contribution in [2.24, 2.45) is 5.92 Å². The first-order valence-corrected chi connectivity index (χ1v) is 11.1. The van der Waals surface area contributed by atoms with Crippen LogP contribution in [0.3, 0.4) is 0 Å². The molecule has 3 aromatic rings. The predicted octanol–water partition coefficient (Wildman–Crippen LogP) is 4.44. The van der Waals surface area contributed by atoms with Gasteiger partial charge in [0, 0.05) is 38.4 Å². The average molecular weight is 422 g/mol. The van der Waals surface area contributed by atoms with Crippen molar-refractivity contribution in [3.63, 3.8) is 0 Å². The van der Waals surface area contributed by atoms with Gasteiger partial charge in [-0.3, -0.25) is 9.69 Å². The van der Waals surface area contributed by atoms with E-state index in [0.29, 0.717) is 0 Å². The molecule has 0 aliphatic carbocycles. The van der Waals surface area contributed by atoms with E-state index >= 15 is 0 Å². The molecule has 2 aromatic carbocycles. The van der Waals surface area contributed by atoms with Gasteiger partial charge in [-0.1, -0.05) is 24.3 Å². The van der Waals surface area contributed by atoms with Crippen LogP contribution in [-0.2, 0) is 11.3 Å². The Morgan fingerprint density at radius 3 is 2.43 bits per heavy atom. The van der Waals surface area contributed by atoms with Crippen LogP contribution in [0.25, 0.3) is 21.0 Å². The minimum Gasteiger partial charge on any atom is -0.491 e. The second-order valence-corrected chi connectivity index (χ2v) is 8.95. The number of benzene rings is 2. The number of nitrogens with zero attached hydrogens (tertiary/aromatic N) is 2. The first-order valence-electron chi connectivity index (χ1n) is 10.3. The van der Waals surface area contributed by atoms with Gasteiger partial charge in [0.15, 0.2) is 0 Å². The zero-order valence-electron chi connectivity index (χ0n) is 17.6. The van der Waals surface area contributed by atoms with Crippen LogP contribution in [0.2, 0.25) is 0 Å². The second kappa shape index (κ2) is 8.98. The van der Waals surface area contributed by atoms with Crippen LogP contribution in [0, 0.1) is 5.92 Å². The van der Waals surface area contributed by atoms with Crippen LogP contribution in [0.1, 0.15) is 19.4 Å². The summed E-state index contributed by atoms with van der Waals surface area (Å²) in [4.78, 5) is 19.7. The van der Waals surface area contributed by atoms with E-state index < -0.39 is 0 Å². The maximum Gasteiger partial charge on any atom is 0.225 e. The topological polar surface area (TPSA) is 54.5 Å². The Morgan fingerprint density at radius 2 is 1.80 bits per heavy atom. The summed E-state index contributed by atoms with van der Waals surface area (Å²) in [5.74, 6) is 1.16. The van der Waals surface area contributed by atoms with Gasteiger partial charge in [-0.05, 0) is 49.2 Å². The van der Waals surface area contributed by atoms with Gasteiger partial charge in [0.1, 0.15) is 10.8 Å². The van der Waals surface area contributed by atoms with Crippen molar-refractivity contribution in [2.75, 3.05) is 20.1 Å². The van der Waals surface area contributed by atoms with Crippen LogP contribution in [-0.4, -0.2) is 42.0 Å². The van der Waals surface area contributed by atoms with Gasteiger partial charge in [-0.2, -0.15) is 0 Å². The Balaban J connectivity index is 1.37. The van der Waals surface area contributed by atoms with E-state index in [1.165, 1.54) is 5.56 Å². The molecule has 1 aliphatic heterocycles. The van der Waals surface area contributed by atoms with Gasteiger partial charge in [-0.15, -0.1) is 11.3 Å². The highest BCUT2D eigenvalue weighted by Gasteiger charge is 2.31. The van der Waals surface area contributed by atoms with E-state index in [-0.39, 0.29) is 17.9 Å². The first kappa shape index (κ1) is 20.6. The smallest absolute Gasteiger partial charge is 0.225 e. The van der Waals surface area contributed by atoms with Crippen molar-refractivity contribution in [1.29, 1.82) is 0 Å². The van der Waals surface area contributed by atoms with Crippen LogP contribution in [0.5, 0.6) is 5.75 Å². The molecule has 6 heteroatoms. The minimum absolute atomic E-state index is 0.133. The van der Waals surface area contributed by atoms with Crippen molar-refractivity contribution in [1.82, 2.24) is 15.2 Å². The fourth-order valence-corrected chi connectivity index (χ4v) is 4.52. The predicted molar refractivity (Wildman–Crippen MR) is 122 cm³/mol. The number of ether oxygens (including phenoxy) is 1. The fourth-order valence-electron chi connectivity index (χ4n) is 3.59. The molecule has 2 heterocycles. The minimum atomic E-state index is 0.133. The molecular weight excluding hydrogens is 394 g/mol. The zero-order chi connectivity index (χ0) is 21.1. The Bertz CT molecular complexity index is 990. The molecule has 1 aliphatic rings. The lowest BCUT2D eigenvalue weighted by Gasteiger charge is -2.38. The van der Waals surface area contributed by atoms with Crippen molar-refractivity contribution < 1.29 is 9.53 Å². The molecule has 1 saturated heterocycles. The monoisotopic (exact) mass is 421 g/mol. The average Bonchev–Trinajstić information content (AvgIpc) is 3.20. The third kappa shape index (κ3) is 4.71. The number of likely N-dealkylation sites (tertiary alicyclic amines) is 1. The number of aromatic nitrogens is 1. The normalized spacial score (nSPS) is 14.5. The largest absolute Gasteiger partial charge is 0.491 e. The Morgan fingerprint density at radius 1 is 1.13 bits per heavy atom. The third-order valence-corrected chi connectivity index (χ3v) is 6.29. The van der Waals surface area contributed by atoms with E-state index in [0.717, 1.165) is 46.4 Å². The molecule has 0 bridgehead atoms. The molecule has 1 amide bonds. The van der Waals surface area contributed by atoms with E-state index in [1.807, 2.05) is 32.2 Å². The third-order valence-electron chi connectivity index (χ3n) is 5.20. The summed E-state index contributed by atoms with van der Waals surface area (Å²) in [6, 6.07) is 16.8. The summed E-state index contributed by atoms with van der Waals surface area (Å²) in [7, 11) is 1.70. The van der Waals surface area contributed by atoms with Crippen LogP contribution < -0.4 is 10.1 Å². The number of hydrogen-bond donors (Lipinski definition) is 1. The molecule has 156 valence electrons. The van der Waals surface area contributed by atoms with Gasteiger partial charge in [0.25, 0.3) is 0 Å². The lowest BCUT2D eigenvalue weighted by molar-refractivity contribution is -0.129. The number of carbonyl (C=O) groups is 1. The molecule has 0 atom stereocenters. The number of rotatable bonds is 7. The molecule has 4 rings (SSSR count). The molecule has 0 unspecified atom stereocenters. The maximum atomic E-state index is 11.6. The Hall–Kier alpha value is -2.70. The van der Waals surface area contributed by atoms with Gasteiger partial charge in [0.2, 0.25) is 5.91 Å². The number of thiazole rings is 1. The van der Waals surface area contributed by atoms with E-state index in [9.17, 15) is 4.79 Å². The van der Waals surface area contributed by atoms with Crippen LogP contribution in [0.15, 0.2) is 54.7 Å². The number of amides is 1. The molecule has 0 radical (unpaired) electrons. The van der Waals surface area contributed by atoms with E-state index in [1.54, 1.807) is 18.4 Å². The summed E-state index contributed by atoms with van der Waals surface area (Å²) < 4.78 is 5.72. The van der Waals surface area contributed by atoms with Crippen molar-refractivity contribution in [3.05, 3.63) is 60.3 Å². The Kier molecular flexibility index (Phi) is 6.16. The highest BCUT2D eigenvalue weighted by Crippen LogP contribution is 2.33. The van der Waals surface area contributed by atoms with Gasteiger partial charge >= 0.3 is 0 Å². The SMILES string of the molecule is CNC(=O)C1CN(Cc2ccc(-c3ncc(-c4ccc(OC(C)C)cc4)s3)cc2)C1. The van der Waals surface area contributed by atoms with Crippen LogP contribution in [0.4, 0.5) is 0 Å². The lowest BCUT2D eigenvalue weighted by Crippen LogP contribution is -2.52. The highest BCUT2D eigenvalue weighted by molar-refractivity contribution is 7.18. The molecule has 0 spiro atoms. The summed E-state index contributed by atoms with van der Waals surface area (Å²) in [6.07, 6.45) is 2.11. The standard InChI is InChI=1S/C24H27N3O2S/c1-16(2)29-21-10-8-18(9-11-21)22-12-26-24(30-22)19-6-4-17(5-7-19)13-27-14-20(15-27)23(28)25-3/h4-12,16,20H,13-15H2,1-3H3,(H,25,28). The quantitative estimate of drug-likeness (QED) is 0.613. The maximum absolute atomic E-state index is 11.6. The molecule has 1 aromatic heterocycles. The van der Waals surface area contributed by atoms with Crippen molar-refractivity contribution >= 4 is 17.2 Å². The van der Waals surface area contributed by atoms with Gasteiger partial charge in [-0.25, -0.2) is 4.98 Å². The molecule has 1 fully saturated rings. The number of hydrogen-bond acceptors (Lipinski definition) is 5. The molecule has 30 heavy (non-hydrogen) atoms. The van der Waals surface area contributed by atoms with Crippen LogP contribution >= 0.6 is 11.3 Å². The Labute approximate surface area is 181 Å². The molecular formula is C24H27N3O2S. The van der Waals surface area contributed by atoms with E-state index in [2.05, 4.69) is 51.6 Å². The van der Waals surface area contributed by atoms with Crippen molar-refractivity contribution in [3.8, 4) is 26.8 Å². The highest BCUT2D eigenvalue weighted by atomic mass is 32.1. The lowest BCUT2D eigenvalue weighted by atomic mass is 9.98. The first-order chi connectivity index (χ1) is 14.5. The molecule has 0 saturated carbocycles. The molecule has 1 N–H and O–H groups in total. The molecule has 5 nitrogen and oxygen atoms in total. The van der Waals surface area contributed by atoms with E-state index in [4.69, 9.17) is 4.74 Å². The zero-order valence-corrected chi connectivity index (χ0v) is 18.4.